The Kier molecular flexibility index (Phi) is 6.24. The number of nitrogens with one attached hydrogen (secondary N) is 1. The Hall–Kier alpha value is -1.53. The lowest BCUT2D eigenvalue weighted by atomic mass is 10.2. The molecule has 0 radical (unpaired) electrons. The zero-order valence-corrected chi connectivity index (χ0v) is 10.3. The van der Waals surface area contributed by atoms with E-state index in [-0.39, 0.29) is 12.3 Å². The summed E-state index contributed by atoms with van der Waals surface area (Å²) in [6.07, 6.45) is 1.05. The number of halogens is 1. The van der Waals surface area contributed by atoms with Crippen molar-refractivity contribution in [3.05, 3.63) is 39.7 Å². The van der Waals surface area contributed by atoms with Gasteiger partial charge in [0, 0.05) is 12.6 Å². The van der Waals surface area contributed by atoms with Gasteiger partial charge in [-0.05, 0) is 24.6 Å². The molecule has 1 rings (SSSR count). The summed E-state index contributed by atoms with van der Waals surface area (Å²) >= 11 is 0. The first-order chi connectivity index (χ1) is 8.63. The molecule has 0 fully saturated rings. The monoisotopic (exact) mass is 256 g/mol. The molecule has 0 saturated carbocycles. The van der Waals surface area contributed by atoms with Gasteiger partial charge in [-0.15, -0.1) is 0 Å². The number of benzene rings is 1. The van der Waals surface area contributed by atoms with Gasteiger partial charge in [0.05, 0.1) is 24.2 Å². The van der Waals surface area contributed by atoms with Crippen LogP contribution >= 0.6 is 0 Å². The summed E-state index contributed by atoms with van der Waals surface area (Å²) in [5, 5.41) is 13.7. The Balaban J connectivity index is 2.40. The first kappa shape index (κ1) is 14.5. The molecular weight excluding hydrogens is 239 g/mol. The molecule has 18 heavy (non-hydrogen) atoms. The molecule has 100 valence electrons. The fourth-order valence-corrected chi connectivity index (χ4v) is 1.46. The van der Waals surface area contributed by atoms with Crippen LogP contribution in [-0.4, -0.2) is 24.6 Å². The normalized spacial score (nSPS) is 10.6. The number of rotatable bonds is 8. The van der Waals surface area contributed by atoms with E-state index in [1.807, 2.05) is 0 Å². The van der Waals surface area contributed by atoms with Crippen LogP contribution < -0.4 is 5.32 Å². The molecule has 1 aromatic carbocycles. The summed E-state index contributed by atoms with van der Waals surface area (Å²) < 4.78 is 18.4. The van der Waals surface area contributed by atoms with Crippen molar-refractivity contribution in [1.82, 2.24) is 5.32 Å². The minimum Gasteiger partial charge on any atom is -0.375 e. The molecule has 0 saturated heterocycles. The summed E-state index contributed by atoms with van der Waals surface area (Å²) in [5.41, 5.74) is 0.217. The van der Waals surface area contributed by atoms with Crippen LogP contribution in [0.4, 0.5) is 10.1 Å². The summed E-state index contributed by atoms with van der Waals surface area (Å²) in [5.74, 6) is -0.619. The van der Waals surface area contributed by atoms with E-state index in [2.05, 4.69) is 12.2 Å². The van der Waals surface area contributed by atoms with Crippen molar-refractivity contribution >= 4 is 5.69 Å². The average molecular weight is 256 g/mol. The molecule has 0 unspecified atom stereocenters. The van der Waals surface area contributed by atoms with Crippen LogP contribution in [0.25, 0.3) is 0 Å². The molecule has 0 aromatic heterocycles. The van der Waals surface area contributed by atoms with Crippen LogP contribution in [-0.2, 0) is 11.3 Å². The van der Waals surface area contributed by atoms with Gasteiger partial charge in [0.15, 0.2) is 0 Å². The van der Waals surface area contributed by atoms with Gasteiger partial charge in [0.25, 0.3) is 5.69 Å². The van der Waals surface area contributed by atoms with E-state index < -0.39 is 10.7 Å². The number of ether oxygens (including phenoxy) is 1. The van der Waals surface area contributed by atoms with Gasteiger partial charge in [-0.25, -0.2) is 4.39 Å². The lowest BCUT2D eigenvalue weighted by Crippen LogP contribution is -2.20. The highest BCUT2D eigenvalue weighted by Crippen LogP contribution is 2.16. The second-order valence-corrected chi connectivity index (χ2v) is 3.88. The third kappa shape index (κ3) is 5.20. The molecule has 0 atom stereocenters. The van der Waals surface area contributed by atoms with E-state index in [4.69, 9.17) is 4.74 Å². The molecule has 0 spiro atoms. The van der Waals surface area contributed by atoms with Crippen LogP contribution in [0.5, 0.6) is 0 Å². The Morgan fingerprint density at radius 1 is 1.39 bits per heavy atom. The number of nitro groups is 1. The number of non-ortho nitro benzene ring substituents is 1. The van der Waals surface area contributed by atoms with Gasteiger partial charge in [-0.1, -0.05) is 6.92 Å². The molecular formula is C12H17FN2O3. The summed E-state index contributed by atoms with van der Waals surface area (Å²) in [6, 6.07) is 3.46. The third-order valence-corrected chi connectivity index (χ3v) is 2.27. The van der Waals surface area contributed by atoms with Crippen molar-refractivity contribution < 1.29 is 14.1 Å². The number of hydrogen-bond donors (Lipinski definition) is 1. The first-order valence-electron chi connectivity index (χ1n) is 5.85. The minimum absolute atomic E-state index is 0.173. The fourth-order valence-electron chi connectivity index (χ4n) is 1.46. The number of nitrogens with zero attached hydrogens (tertiary/aromatic N) is 1. The van der Waals surface area contributed by atoms with Crippen molar-refractivity contribution in [3.63, 3.8) is 0 Å². The van der Waals surface area contributed by atoms with E-state index in [1.54, 1.807) is 0 Å². The summed E-state index contributed by atoms with van der Waals surface area (Å²) in [7, 11) is 0. The standard InChI is InChI=1S/C12H17FN2O3/c1-2-3-14-4-5-18-9-10-6-11(13)8-12(7-10)15(16)17/h6-8,14H,2-5,9H2,1H3. The Bertz CT molecular complexity index is 399. The predicted molar refractivity (Wildman–Crippen MR) is 65.9 cm³/mol. The van der Waals surface area contributed by atoms with Gasteiger partial charge < -0.3 is 10.1 Å². The van der Waals surface area contributed by atoms with Crippen LogP contribution in [0.3, 0.4) is 0 Å². The molecule has 1 N–H and O–H groups in total. The van der Waals surface area contributed by atoms with E-state index in [0.717, 1.165) is 19.0 Å². The van der Waals surface area contributed by atoms with Crippen LogP contribution in [0, 0.1) is 15.9 Å². The average Bonchev–Trinajstić information content (AvgIpc) is 2.33. The molecule has 0 amide bonds. The van der Waals surface area contributed by atoms with Crippen LogP contribution in [0.1, 0.15) is 18.9 Å². The van der Waals surface area contributed by atoms with E-state index in [1.165, 1.54) is 12.1 Å². The summed E-state index contributed by atoms with van der Waals surface area (Å²) in [6.45, 7) is 4.37. The third-order valence-electron chi connectivity index (χ3n) is 2.27. The minimum atomic E-state index is -0.619. The number of nitro benzene ring substituents is 1. The van der Waals surface area contributed by atoms with E-state index in [9.17, 15) is 14.5 Å². The summed E-state index contributed by atoms with van der Waals surface area (Å²) in [4.78, 5) is 9.93. The van der Waals surface area contributed by atoms with Crippen molar-refractivity contribution in [2.45, 2.75) is 20.0 Å². The zero-order chi connectivity index (χ0) is 13.4. The lowest BCUT2D eigenvalue weighted by Gasteiger charge is -2.05. The van der Waals surface area contributed by atoms with Crippen molar-refractivity contribution in [1.29, 1.82) is 0 Å². The smallest absolute Gasteiger partial charge is 0.272 e. The maximum Gasteiger partial charge on any atom is 0.272 e. The van der Waals surface area contributed by atoms with Crippen LogP contribution in [0.15, 0.2) is 18.2 Å². The van der Waals surface area contributed by atoms with Gasteiger partial charge in [-0.2, -0.15) is 0 Å². The van der Waals surface area contributed by atoms with E-state index in [0.29, 0.717) is 18.7 Å². The van der Waals surface area contributed by atoms with Crippen molar-refractivity contribution in [2.75, 3.05) is 19.7 Å². The molecule has 0 heterocycles. The molecule has 1 aromatic rings. The lowest BCUT2D eigenvalue weighted by molar-refractivity contribution is -0.385. The molecule has 0 aliphatic carbocycles. The number of hydrogen-bond acceptors (Lipinski definition) is 4. The quantitative estimate of drug-likeness (QED) is 0.440. The van der Waals surface area contributed by atoms with Crippen molar-refractivity contribution in [2.24, 2.45) is 0 Å². The van der Waals surface area contributed by atoms with Gasteiger partial charge in [0.2, 0.25) is 0 Å². The second kappa shape index (κ2) is 7.73. The largest absolute Gasteiger partial charge is 0.375 e. The highest BCUT2D eigenvalue weighted by Gasteiger charge is 2.09. The SMILES string of the molecule is CCCNCCOCc1cc(F)cc([N+](=O)[O-])c1. The highest BCUT2D eigenvalue weighted by molar-refractivity contribution is 5.34. The Morgan fingerprint density at radius 3 is 2.83 bits per heavy atom. The second-order valence-electron chi connectivity index (χ2n) is 3.88. The van der Waals surface area contributed by atoms with Gasteiger partial charge in [0.1, 0.15) is 5.82 Å². The van der Waals surface area contributed by atoms with Gasteiger partial charge >= 0.3 is 0 Å². The molecule has 0 aliphatic rings. The molecule has 0 aliphatic heterocycles. The Morgan fingerprint density at radius 2 is 2.17 bits per heavy atom. The topological polar surface area (TPSA) is 64.4 Å². The highest BCUT2D eigenvalue weighted by atomic mass is 19.1. The fraction of sp³-hybridized carbons (Fsp3) is 0.500. The Labute approximate surface area is 105 Å². The maximum atomic E-state index is 13.1. The van der Waals surface area contributed by atoms with Crippen LogP contribution in [0.2, 0.25) is 0 Å². The van der Waals surface area contributed by atoms with Gasteiger partial charge in [-0.3, -0.25) is 10.1 Å². The molecule has 0 bridgehead atoms. The first-order valence-corrected chi connectivity index (χ1v) is 5.85. The zero-order valence-electron chi connectivity index (χ0n) is 10.3. The molecule has 6 heteroatoms. The molecule has 5 nitrogen and oxygen atoms in total. The predicted octanol–water partition coefficient (Wildman–Crippen LogP) is 2.25. The van der Waals surface area contributed by atoms with E-state index >= 15 is 0 Å². The maximum absolute atomic E-state index is 13.1. The van der Waals surface area contributed by atoms with Crippen molar-refractivity contribution in [3.8, 4) is 0 Å².